The number of nitrogens with zero attached hydrogens (tertiary/aromatic N) is 1. The van der Waals surface area contributed by atoms with Gasteiger partial charge in [0.2, 0.25) is 0 Å². The van der Waals surface area contributed by atoms with E-state index in [1.807, 2.05) is 0 Å². The second kappa shape index (κ2) is 4.52. The predicted octanol–water partition coefficient (Wildman–Crippen LogP) is 1.28. The Morgan fingerprint density at radius 2 is 2.00 bits per heavy atom. The summed E-state index contributed by atoms with van der Waals surface area (Å²) in [4.78, 5) is 2.43. The van der Waals surface area contributed by atoms with Gasteiger partial charge in [-0.15, -0.1) is 0 Å². The van der Waals surface area contributed by atoms with E-state index in [0.717, 1.165) is 26.3 Å². The zero-order chi connectivity index (χ0) is 8.10. The lowest BCUT2D eigenvalue weighted by atomic mass is 10.2. The van der Waals surface area contributed by atoms with Crippen molar-refractivity contribution in [2.75, 3.05) is 26.3 Å². The molecule has 2 heteroatoms. The first kappa shape index (κ1) is 8.75. The topological polar surface area (TPSA) is 12.5 Å². The molecular formula is C9H17NO. The monoisotopic (exact) mass is 155 g/mol. The average Bonchev–Trinajstić information content (AvgIpc) is 2.07. The lowest BCUT2D eigenvalue weighted by molar-refractivity contribution is 0.0287. The van der Waals surface area contributed by atoms with Gasteiger partial charge in [-0.25, -0.2) is 0 Å². The molecule has 1 heterocycles. The van der Waals surface area contributed by atoms with Crippen LogP contribution in [-0.2, 0) is 4.74 Å². The summed E-state index contributed by atoms with van der Waals surface area (Å²) in [6.45, 7) is 8.23. The molecule has 0 aliphatic carbocycles. The number of morpholine rings is 1. The van der Waals surface area contributed by atoms with Crippen LogP contribution in [0.15, 0.2) is 12.2 Å². The van der Waals surface area contributed by atoms with Crippen molar-refractivity contribution in [3.05, 3.63) is 12.2 Å². The molecule has 0 aromatic carbocycles. The van der Waals surface area contributed by atoms with Crippen molar-refractivity contribution >= 4 is 0 Å². The highest BCUT2D eigenvalue weighted by atomic mass is 16.5. The Balaban J connectivity index is 2.32. The second-order valence-electron chi connectivity index (χ2n) is 2.91. The molecule has 11 heavy (non-hydrogen) atoms. The van der Waals surface area contributed by atoms with Crippen molar-refractivity contribution in [1.82, 2.24) is 4.90 Å². The first-order valence-corrected chi connectivity index (χ1v) is 4.29. The van der Waals surface area contributed by atoms with Crippen LogP contribution >= 0.6 is 0 Å². The van der Waals surface area contributed by atoms with Gasteiger partial charge in [-0.3, -0.25) is 4.90 Å². The summed E-state index contributed by atoms with van der Waals surface area (Å²) < 4.78 is 5.26. The first-order valence-electron chi connectivity index (χ1n) is 4.29. The minimum Gasteiger partial charge on any atom is -0.379 e. The molecule has 1 atom stereocenters. The lowest BCUT2D eigenvalue weighted by Gasteiger charge is -2.30. The molecule has 1 aliphatic heterocycles. The molecule has 0 amide bonds. The highest BCUT2D eigenvalue weighted by molar-refractivity contribution is 4.90. The molecule has 2 nitrogen and oxygen atoms in total. The number of hydrogen-bond acceptors (Lipinski definition) is 2. The summed E-state index contributed by atoms with van der Waals surface area (Å²) in [7, 11) is 0. The van der Waals surface area contributed by atoms with Gasteiger partial charge in [0.25, 0.3) is 0 Å². The van der Waals surface area contributed by atoms with Gasteiger partial charge in [0.05, 0.1) is 13.2 Å². The van der Waals surface area contributed by atoms with Crippen LogP contribution in [-0.4, -0.2) is 37.2 Å². The SMILES string of the molecule is C/C=C/C(C)N1CCOCC1. The van der Waals surface area contributed by atoms with Crippen molar-refractivity contribution in [1.29, 1.82) is 0 Å². The maximum Gasteiger partial charge on any atom is 0.0594 e. The van der Waals surface area contributed by atoms with E-state index in [-0.39, 0.29) is 0 Å². The Morgan fingerprint density at radius 1 is 1.36 bits per heavy atom. The molecule has 0 N–H and O–H groups in total. The van der Waals surface area contributed by atoms with Gasteiger partial charge in [0.1, 0.15) is 0 Å². The number of rotatable bonds is 2. The van der Waals surface area contributed by atoms with E-state index in [1.54, 1.807) is 0 Å². The zero-order valence-corrected chi connectivity index (χ0v) is 7.42. The van der Waals surface area contributed by atoms with Crippen LogP contribution in [0.25, 0.3) is 0 Å². The van der Waals surface area contributed by atoms with E-state index in [1.165, 1.54) is 0 Å². The van der Waals surface area contributed by atoms with Crippen molar-refractivity contribution in [3.8, 4) is 0 Å². The van der Waals surface area contributed by atoms with Crippen LogP contribution in [0.3, 0.4) is 0 Å². The van der Waals surface area contributed by atoms with E-state index in [9.17, 15) is 0 Å². The second-order valence-corrected chi connectivity index (χ2v) is 2.91. The van der Waals surface area contributed by atoms with Crippen LogP contribution in [0.1, 0.15) is 13.8 Å². The molecular weight excluding hydrogens is 138 g/mol. The molecule has 0 saturated carbocycles. The fourth-order valence-corrected chi connectivity index (χ4v) is 1.38. The Hall–Kier alpha value is -0.340. The van der Waals surface area contributed by atoms with Gasteiger partial charge < -0.3 is 4.74 Å². The summed E-state index contributed by atoms with van der Waals surface area (Å²) in [5.74, 6) is 0. The maximum absolute atomic E-state index is 5.26. The van der Waals surface area contributed by atoms with E-state index < -0.39 is 0 Å². The molecule has 64 valence electrons. The maximum atomic E-state index is 5.26. The van der Waals surface area contributed by atoms with Crippen LogP contribution in [0.2, 0.25) is 0 Å². The van der Waals surface area contributed by atoms with Crippen molar-refractivity contribution < 1.29 is 4.74 Å². The molecule has 0 radical (unpaired) electrons. The molecule has 1 unspecified atom stereocenters. The van der Waals surface area contributed by atoms with Crippen LogP contribution in [0.5, 0.6) is 0 Å². The molecule has 1 fully saturated rings. The van der Waals surface area contributed by atoms with Gasteiger partial charge in [-0.1, -0.05) is 12.2 Å². The number of hydrogen-bond donors (Lipinski definition) is 0. The van der Waals surface area contributed by atoms with E-state index >= 15 is 0 Å². The van der Waals surface area contributed by atoms with Gasteiger partial charge >= 0.3 is 0 Å². The van der Waals surface area contributed by atoms with Crippen LogP contribution in [0, 0.1) is 0 Å². The van der Waals surface area contributed by atoms with Crippen molar-refractivity contribution in [2.24, 2.45) is 0 Å². The first-order chi connectivity index (χ1) is 5.34. The van der Waals surface area contributed by atoms with E-state index in [2.05, 4.69) is 30.9 Å². The smallest absolute Gasteiger partial charge is 0.0594 e. The Bertz CT molecular complexity index is 128. The molecule has 0 bridgehead atoms. The fraction of sp³-hybridized carbons (Fsp3) is 0.778. The molecule has 0 aromatic rings. The summed E-state index contributed by atoms with van der Waals surface area (Å²) in [6, 6.07) is 0.573. The predicted molar refractivity (Wildman–Crippen MR) is 46.7 cm³/mol. The molecule has 0 aromatic heterocycles. The average molecular weight is 155 g/mol. The molecule has 0 spiro atoms. The standard InChI is InChI=1S/C9H17NO/c1-3-4-9(2)10-5-7-11-8-6-10/h3-4,9H,5-8H2,1-2H3/b4-3+. The van der Waals surface area contributed by atoms with Gasteiger partial charge in [-0.05, 0) is 13.8 Å². The van der Waals surface area contributed by atoms with E-state index in [4.69, 9.17) is 4.74 Å². The van der Waals surface area contributed by atoms with Crippen molar-refractivity contribution in [2.45, 2.75) is 19.9 Å². The van der Waals surface area contributed by atoms with Crippen molar-refractivity contribution in [3.63, 3.8) is 0 Å². The Labute approximate surface area is 68.8 Å². The number of ether oxygens (including phenoxy) is 1. The summed E-state index contributed by atoms with van der Waals surface area (Å²) in [5, 5.41) is 0. The molecule has 1 rings (SSSR count). The normalized spacial score (nSPS) is 24.2. The lowest BCUT2D eigenvalue weighted by Crippen LogP contribution is -2.41. The highest BCUT2D eigenvalue weighted by Crippen LogP contribution is 2.03. The third-order valence-electron chi connectivity index (χ3n) is 2.09. The molecule has 1 saturated heterocycles. The minimum atomic E-state index is 0.573. The Morgan fingerprint density at radius 3 is 2.55 bits per heavy atom. The number of allylic oxidation sites excluding steroid dienone is 1. The third kappa shape index (κ3) is 2.64. The fourth-order valence-electron chi connectivity index (χ4n) is 1.38. The summed E-state index contributed by atoms with van der Waals surface area (Å²) in [5.41, 5.74) is 0. The summed E-state index contributed by atoms with van der Waals surface area (Å²) >= 11 is 0. The quantitative estimate of drug-likeness (QED) is 0.557. The largest absolute Gasteiger partial charge is 0.379 e. The van der Waals surface area contributed by atoms with Crippen LogP contribution in [0.4, 0.5) is 0 Å². The minimum absolute atomic E-state index is 0.573. The highest BCUT2D eigenvalue weighted by Gasteiger charge is 2.13. The van der Waals surface area contributed by atoms with Gasteiger partial charge in [0.15, 0.2) is 0 Å². The molecule has 1 aliphatic rings. The van der Waals surface area contributed by atoms with Gasteiger partial charge in [-0.2, -0.15) is 0 Å². The van der Waals surface area contributed by atoms with Gasteiger partial charge in [0, 0.05) is 19.1 Å². The third-order valence-corrected chi connectivity index (χ3v) is 2.09. The summed E-state index contributed by atoms with van der Waals surface area (Å²) in [6.07, 6.45) is 4.34. The zero-order valence-electron chi connectivity index (χ0n) is 7.42. The van der Waals surface area contributed by atoms with E-state index in [0.29, 0.717) is 6.04 Å². The Kier molecular flexibility index (Phi) is 3.60. The van der Waals surface area contributed by atoms with Crippen LogP contribution < -0.4 is 0 Å².